The molecule has 1 saturated carbocycles. The van der Waals surface area contributed by atoms with E-state index in [1.54, 1.807) is 18.4 Å². The molecule has 1 N–H and O–H groups in total. The van der Waals surface area contributed by atoms with Gasteiger partial charge in [-0.1, -0.05) is 18.2 Å². The summed E-state index contributed by atoms with van der Waals surface area (Å²) in [5, 5.41) is 9.36. The van der Waals surface area contributed by atoms with Crippen LogP contribution in [0.3, 0.4) is 0 Å². The first kappa shape index (κ1) is 14.1. The van der Waals surface area contributed by atoms with Crippen LogP contribution in [0.2, 0.25) is 0 Å². The minimum absolute atomic E-state index is 0.0878. The number of amides is 1. The molecule has 4 nitrogen and oxygen atoms in total. The Labute approximate surface area is 135 Å². The molecular formula is C19H19NO3. The van der Waals surface area contributed by atoms with E-state index in [2.05, 4.69) is 6.08 Å². The van der Waals surface area contributed by atoms with Crippen molar-refractivity contribution in [3.05, 3.63) is 60.1 Å². The van der Waals surface area contributed by atoms with Crippen LogP contribution in [0.15, 0.2) is 53.2 Å². The molecule has 1 aliphatic heterocycles. The van der Waals surface area contributed by atoms with Gasteiger partial charge in [-0.3, -0.25) is 4.79 Å². The smallest absolute Gasteiger partial charge is 0.226 e. The van der Waals surface area contributed by atoms with E-state index >= 15 is 0 Å². The van der Waals surface area contributed by atoms with Gasteiger partial charge in [0, 0.05) is 24.9 Å². The minimum Gasteiger partial charge on any atom is -0.508 e. The number of phenolic OH excluding ortho intramolecular Hbond substituents is 1. The molecular weight excluding hydrogens is 290 g/mol. The van der Waals surface area contributed by atoms with Gasteiger partial charge < -0.3 is 14.4 Å². The number of benzene rings is 1. The van der Waals surface area contributed by atoms with Gasteiger partial charge in [0.1, 0.15) is 11.5 Å². The van der Waals surface area contributed by atoms with Gasteiger partial charge in [0.15, 0.2) is 0 Å². The highest BCUT2D eigenvalue weighted by molar-refractivity contribution is 5.84. The number of carbonyl (C=O) groups excluding carboxylic acids is 1. The molecule has 4 heteroatoms. The van der Waals surface area contributed by atoms with Gasteiger partial charge in [0.05, 0.1) is 6.26 Å². The van der Waals surface area contributed by atoms with Crippen LogP contribution in [0.1, 0.15) is 30.1 Å². The van der Waals surface area contributed by atoms with Crippen LogP contribution in [0.5, 0.6) is 5.75 Å². The van der Waals surface area contributed by atoms with Crippen LogP contribution < -0.4 is 0 Å². The summed E-state index contributed by atoms with van der Waals surface area (Å²) in [6.07, 6.45) is 5.55. The second-order valence-electron chi connectivity index (χ2n) is 6.27. The summed E-state index contributed by atoms with van der Waals surface area (Å²) in [5.41, 5.74) is 2.36. The molecule has 1 aromatic carbocycles. The Morgan fingerprint density at radius 1 is 1.22 bits per heavy atom. The predicted octanol–water partition coefficient (Wildman–Crippen LogP) is 3.40. The molecule has 4 rings (SSSR count). The molecule has 0 radical (unpaired) electrons. The fourth-order valence-corrected chi connectivity index (χ4v) is 3.33. The molecule has 0 saturated heterocycles. The Hall–Kier alpha value is -2.49. The van der Waals surface area contributed by atoms with Gasteiger partial charge in [0.2, 0.25) is 5.91 Å². The van der Waals surface area contributed by atoms with Gasteiger partial charge in [-0.05, 0) is 48.2 Å². The molecule has 1 aromatic heterocycles. The third-order valence-electron chi connectivity index (χ3n) is 4.78. The van der Waals surface area contributed by atoms with Crippen molar-refractivity contribution in [2.45, 2.75) is 18.8 Å². The highest BCUT2D eigenvalue weighted by atomic mass is 16.3. The number of phenols is 1. The van der Waals surface area contributed by atoms with E-state index in [9.17, 15) is 9.90 Å². The predicted molar refractivity (Wildman–Crippen MR) is 86.8 cm³/mol. The van der Waals surface area contributed by atoms with Crippen LogP contribution in [-0.4, -0.2) is 29.0 Å². The van der Waals surface area contributed by atoms with E-state index in [0.29, 0.717) is 6.54 Å². The van der Waals surface area contributed by atoms with Crippen molar-refractivity contribution in [3.63, 3.8) is 0 Å². The summed E-state index contributed by atoms with van der Waals surface area (Å²) in [4.78, 5) is 14.5. The maximum Gasteiger partial charge on any atom is 0.226 e. The standard InChI is InChI=1S/C19H19NO3/c21-15-5-3-13(4-6-15)14-7-9-20(10-8-14)19(22)17-12-16(17)18-2-1-11-23-18/h1-7,11,16-17,21H,8-10,12H2/t16-,17+/m0/s1. The SMILES string of the molecule is O=C([C@@H]1C[C@@H]1c1ccco1)N1CC=C(c2ccc(O)cc2)CC1. The molecule has 2 aromatic rings. The number of furan rings is 1. The molecule has 0 unspecified atom stereocenters. The Balaban J connectivity index is 1.39. The first-order valence-corrected chi connectivity index (χ1v) is 8.03. The fourth-order valence-electron chi connectivity index (χ4n) is 3.33. The molecule has 2 atom stereocenters. The Morgan fingerprint density at radius 3 is 2.70 bits per heavy atom. The number of nitrogens with zero attached hydrogens (tertiary/aromatic N) is 1. The largest absolute Gasteiger partial charge is 0.508 e. The molecule has 0 bridgehead atoms. The maximum absolute atomic E-state index is 12.6. The Bertz CT molecular complexity index is 730. The lowest BCUT2D eigenvalue weighted by Gasteiger charge is -2.27. The van der Waals surface area contributed by atoms with Crippen molar-refractivity contribution < 1.29 is 14.3 Å². The van der Waals surface area contributed by atoms with E-state index in [1.165, 1.54) is 5.57 Å². The number of rotatable bonds is 3. The molecule has 118 valence electrons. The highest BCUT2D eigenvalue weighted by Crippen LogP contribution is 2.48. The number of hydrogen-bond donors (Lipinski definition) is 1. The third-order valence-corrected chi connectivity index (χ3v) is 4.78. The average molecular weight is 309 g/mol. The summed E-state index contributed by atoms with van der Waals surface area (Å²) in [5.74, 6) is 1.80. The number of carbonyl (C=O) groups is 1. The van der Waals surface area contributed by atoms with Crippen molar-refractivity contribution in [2.24, 2.45) is 5.92 Å². The van der Waals surface area contributed by atoms with E-state index in [1.807, 2.05) is 29.2 Å². The Kier molecular flexibility index (Phi) is 3.45. The van der Waals surface area contributed by atoms with Gasteiger partial charge in [-0.25, -0.2) is 0 Å². The normalized spacial score (nSPS) is 23.5. The summed E-state index contributed by atoms with van der Waals surface area (Å²) >= 11 is 0. The van der Waals surface area contributed by atoms with Crippen molar-refractivity contribution in [3.8, 4) is 5.75 Å². The number of aromatic hydroxyl groups is 1. The highest BCUT2D eigenvalue weighted by Gasteiger charge is 2.47. The summed E-state index contributed by atoms with van der Waals surface area (Å²) < 4.78 is 5.41. The van der Waals surface area contributed by atoms with Crippen LogP contribution in [-0.2, 0) is 4.79 Å². The first-order chi connectivity index (χ1) is 11.2. The summed E-state index contributed by atoms with van der Waals surface area (Å²) in [7, 11) is 0. The molecule has 23 heavy (non-hydrogen) atoms. The van der Waals surface area contributed by atoms with Gasteiger partial charge in [0.25, 0.3) is 0 Å². The quantitative estimate of drug-likeness (QED) is 0.945. The zero-order valence-corrected chi connectivity index (χ0v) is 12.8. The van der Waals surface area contributed by atoms with Crippen LogP contribution in [0, 0.1) is 5.92 Å². The fraction of sp³-hybridized carbons (Fsp3) is 0.316. The van der Waals surface area contributed by atoms with Crippen molar-refractivity contribution >= 4 is 11.5 Å². The molecule has 2 heterocycles. The lowest BCUT2D eigenvalue weighted by atomic mass is 9.99. The zero-order valence-electron chi connectivity index (χ0n) is 12.8. The van der Waals surface area contributed by atoms with Gasteiger partial charge in [-0.2, -0.15) is 0 Å². The molecule has 1 fully saturated rings. The van der Waals surface area contributed by atoms with E-state index < -0.39 is 0 Å². The number of hydrogen-bond acceptors (Lipinski definition) is 3. The zero-order chi connectivity index (χ0) is 15.8. The van der Waals surface area contributed by atoms with Crippen molar-refractivity contribution in [1.82, 2.24) is 4.90 Å². The summed E-state index contributed by atoms with van der Waals surface area (Å²) in [6, 6.07) is 11.1. The van der Waals surface area contributed by atoms with E-state index in [0.717, 1.165) is 30.7 Å². The molecule has 2 aliphatic rings. The Morgan fingerprint density at radius 2 is 2.04 bits per heavy atom. The molecule has 1 amide bonds. The second kappa shape index (κ2) is 5.61. The second-order valence-corrected chi connectivity index (χ2v) is 6.27. The van der Waals surface area contributed by atoms with E-state index in [4.69, 9.17) is 4.42 Å². The topological polar surface area (TPSA) is 53.7 Å². The third kappa shape index (κ3) is 2.77. The van der Waals surface area contributed by atoms with Crippen molar-refractivity contribution in [1.29, 1.82) is 0 Å². The van der Waals surface area contributed by atoms with Gasteiger partial charge in [-0.15, -0.1) is 0 Å². The lowest BCUT2D eigenvalue weighted by molar-refractivity contribution is -0.132. The lowest BCUT2D eigenvalue weighted by Crippen LogP contribution is -2.36. The molecule has 1 aliphatic carbocycles. The van der Waals surface area contributed by atoms with Crippen LogP contribution in [0.4, 0.5) is 0 Å². The van der Waals surface area contributed by atoms with Gasteiger partial charge >= 0.3 is 0 Å². The van der Waals surface area contributed by atoms with E-state index in [-0.39, 0.29) is 23.5 Å². The van der Waals surface area contributed by atoms with Crippen LogP contribution in [0.25, 0.3) is 5.57 Å². The minimum atomic E-state index is 0.0878. The molecule has 0 spiro atoms. The van der Waals surface area contributed by atoms with Crippen molar-refractivity contribution in [2.75, 3.05) is 13.1 Å². The maximum atomic E-state index is 12.6. The van der Waals surface area contributed by atoms with Crippen LogP contribution >= 0.6 is 0 Å². The monoisotopic (exact) mass is 309 g/mol. The average Bonchev–Trinajstić information content (AvgIpc) is 3.20. The first-order valence-electron chi connectivity index (χ1n) is 8.03. The summed E-state index contributed by atoms with van der Waals surface area (Å²) in [6.45, 7) is 1.42.